The number of carbonyl (C=O) groups is 1. The highest BCUT2D eigenvalue weighted by atomic mass is 16.5. The second kappa shape index (κ2) is 8.17. The molecule has 1 aromatic carbocycles. The average Bonchev–Trinajstić information content (AvgIpc) is 2.56. The number of hydrogen-bond donors (Lipinski definition) is 0. The Hall–Kier alpha value is -2.56. The van der Waals surface area contributed by atoms with Crippen molar-refractivity contribution in [3.05, 3.63) is 64.6 Å². The lowest BCUT2D eigenvalue weighted by Crippen LogP contribution is -2.33. The first-order valence-electron chi connectivity index (χ1n) is 7.72. The van der Waals surface area contributed by atoms with Gasteiger partial charge in [0.25, 0.3) is 5.56 Å². The molecule has 0 aliphatic rings. The van der Waals surface area contributed by atoms with Gasteiger partial charge < -0.3 is 14.2 Å². The topological polar surface area (TPSA) is 51.5 Å². The molecule has 122 valence electrons. The van der Waals surface area contributed by atoms with E-state index in [1.807, 2.05) is 37.3 Å². The van der Waals surface area contributed by atoms with Crippen molar-refractivity contribution in [2.75, 3.05) is 13.7 Å². The van der Waals surface area contributed by atoms with Crippen LogP contribution in [0.4, 0.5) is 0 Å². The zero-order valence-corrected chi connectivity index (χ0v) is 13.6. The second-order valence-electron chi connectivity index (χ2n) is 5.39. The highest BCUT2D eigenvalue weighted by Crippen LogP contribution is 2.05. The Morgan fingerprint density at radius 3 is 2.61 bits per heavy atom. The summed E-state index contributed by atoms with van der Waals surface area (Å²) in [5, 5.41) is 0. The molecule has 0 spiro atoms. The Labute approximate surface area is 136 Å². The Morgan fingerprint density at radius 2 is 1.91 bits per heavy atom. The van der Waals surface area contributed by atoms with Gasteiger partial charge in [0.15, 0.2) is 5.75 Å². The standard InChI is InChI=1S/C18H22N2O3/c1-3-12-23-16-10-7-11-20(18(16)22)14-17(21)19(2)13-15-8-5-4-6-9-15/h4-11H,3,12-14H2,1-2H3. The number of pyridine rings is 1. The molecular weight excluding hydrogens is 292 g/mol. The number of rotatable bonds is 7. The van der Waals surface area contributed by atoms with Crippen LogP contribution < -0.4 is 10.3 Å². The predicted molar refractivity (Wildman–Crippen MR) is 89.4 cm³/mol. The second-order valence-corrected chi connectivity index (χ2v) is 5.39. The number of aromatic nitrogens is 1. The van der Waals surface area contributed by atoms with Crippen molar-refractivity contribution in [2.24, 2.45) is 0 Å². The Balaban J connectivity index is 2.03. The maximum atomic E-state index is 12.3. The fraction of sp³-hybridized carbons (Fsp3) is 0.333. The minimum absolute atomic E-state index is 0.00545. The van der Waals surface area contributed by atoms with E-state index in [-0.39, 0.29) is 23.8 Å². The monoisotopic (exact) mass is 314 g/mol. The largest absolute Gasteiger partial charge is 0.488 e. The van der Waals surface area contributed by atoms with Gasteiger partial charge in [-0.05, 0) is 24.1 Å². The molecule has 5 nitrogen and oxygen atoms in total. The summed E-state index contributed by atoms with van der Waals surface area (Å²) in [6.45, 7) is 2.98. The van der Waals surface area contributed by atoms with Crippen LogP contribution in [-0.4, -0.2) is 29.0 Å². The van der Waals surface area contributed by atoms with Gasteiger partial charge in [0.2, 0.25) is 5.91 Å². The van der Waals surface area contributed by atoms with Gasteiger partial charge in [-0.25, -0.2) is 0 Å². The third-order valence-corrected chi connectivity index (χ3v) is 3.44. The number of hydrogen-bond acceptors (Lipinski definition) is 3. The van der Waals surface area contributed by atoms with E-state index in [1.165, 1.54) is 4.57 Å². The molecule has 0 saturated heterocycles. The third-order valence-electron chi connectivity index (χ3n) is 3.44. The molecule has 1 amide bonds. The summed E-state index contributed by atoms with van der Waals surface area (Å²) in [5.41, 5.74) is 0.776. The van der Waals surface area contributed by atoms with E-state index in [0.29, 0.717) is 13.2 Å². The lowest BCUT2D eigenvalue weighted by molar-refractivity contribution is -0.131. The van der Waals surface area contributed by atoms with E-state index in [1.54, 1.807) is 30.3 Å². The van der Waals surface area contributed by atoms with Gasteiger partial charge in [-0.1, -0.05) is 37.3 Å². The molecule has 23 heavy (non-hydrogen) atoms. The molecular formula is C18H22N2O3. The van der Waals surface area contributed by atoms with Gasteiger partial charge in [0.1, 0.15) is 6.54 Å². The molecule has 0 atom stereocenters. The van der Waals surface area contributed by atoms with E-state index < -0.39 is 0 Å². The van der Waals surface area contributed by atoms with Crippen LogP contribution in [0.2, 0.25) is 0 Å². The normalized spacial score (nSPS) is 10.3. The lowest BCUT2D eigenvalue weighted by Gasteiger charge is -2.18. The molecule has 0 radical (unpaired) electrons. The predicted octanol–water partition coefficient (Wildman–Crippen LogP) is 2.30. The maximum Gasteiger partial charge on any atom is 0.293 e. The van der Waals surface area contributed by atoms with Crippen LogP contribution >= 0.6 is 0 Å². The highest BCUT2D eigenvalue weighted by Gasteiger charge is 2.12. The highest BCUT2D eigenvalue weighted by molar-refractivity contribution is 5.75. The number of nitrogens with zero attached hydrogens (tertiary/aromatic N) is 2. The minimum atomic E-state index is -0.276. The molecule has 1 aromatic heterocycles. The Morgan fingerprint density at radius 1 is 1.17 bits per heavy atom. The molecule has 0 aliphatic carbocycles. The first-order valence-corrected chi connectivity index (χ1v) is 7.72. The summed E-state index contributed by atoms with van der Waals surface area (Å²) in [5.74, 6) is 0.163. The molecule has 0 aliphatic heterocycles. The van der Waals surface area contributed by atoms with Crippen LogP contribution in [0.3, 0.4) is 0 Å². The zero-order chi connectivity index (χ0) is 16.7. The minimum Gasteiger partial charge on any atom is -0.488 e. The SMILES string of the molecule is CCCOc1cccn(CC(=O)N(C)Cc2ccccc2)c1=O. The van der Waals surface area contributed by atoms with Crippen molar-refractivity contribution in [1.82, 2.24) is 9.47 Å². The maximum absolute atomic E-state index is 12.3. The summed E-state index contributed by atoms with van der Waals surface area (Å²) >= 11 is 0. The van der Waals surface area contributed by atoms with Crippen LogP contribution in [0, 0.1) is 0 Å². The van der Waals surface area contributed by atoms with E-state index >= 15 is 0 Å². The van der Waals surface area contributed by atoms with Crippen molar-refractivity contribution in [1.29, 1.82) is 0 Å². The summed E-state index contributed by atoms with van der Waals surface area (Å²) in [6.07, 6.45) is 2.43. The van der Waals surface area contributed by atoms with E-state index in [9.17, 15) is 9.59 Å². The number of likely N-dealkylation sites (N-methyl/N-ethyl adjacent to an activating group) is 1. The van der Waals surface area contributed by atoms with Crippen molar-refractivity contribution >= 4 is 5.91 Å². The molecule has 0 unspecified atom stereocenters. The fourth-order valence-electron chi connectivity index (χ4n) is 2.17. The number of carbonyl (C=O) groups excluding carboxylic acids is 1. The third kappa shape index (κ3) is 4.71. The summed E-state index contributed by atoms with van der Waals surface area (Å²) in [6, 6.07) is 13.1. The summed E-state index contributed by atoms with van der Waals surface area (Å²) in [4.78, 5) is 26.2. The molecule has 5 heteroatoms. The van der Waals surface area contributed by atoms with Crippen LogP contribution in [0.25, 0.3) is 0 Å². The molecule has 1 heterocycles. The molecule has 2 aromatic rings. The molecule has 0 fully saturated rings. The number of benzene rings is 1. The van der Waals surface area contributed by atoms with E-state index in [0.717, 1.165) is 12.0 Å². The van der Waals surface area contributed by atoms with Crippen LogP contribution in [0.5, 0.6) is 5.75 Å². The lowest BCUT2D eigenvalue weighted by atomic mass is 10.2. The van der Waals surface area contributed by atoms with Crippen LogP contribution in [-0.2, 0) is 17.9 Å². The molecule has 2 rings (SSSR count). The average molecular weight is 314 g/mol. The number of amides is 1. The number of ether oxygens (including phenoxy) is 1. The van der Waals surface area contributed by atoms with E-state index in [4.69, 9.17) is 4.74 Å². The van der Waals surface area contributed by atoms with Crippen molar-refractivity contribution in [2.45, 2.75) is 26.4 Å². The van der Waals surface area contributed by atoms with Crippen LogP contribution in [0.1, 0.15) is 18.9 Å². The summed E-state index contributed by atoms with van der Waals surface area (Å²) < 4.78 is 6.79. The van der Waals surface area contributed by atoms with Gasteiger partial charge >= 0.3 is 0 Å². The molecule has 0 saturated carbocycles. The van der Waals surface area contributed by atoms with Gasteiger partial charge in [0.05, 0.1) is 6.61 Å². The van der Waals surface area contributed by atoms with Gasteiger partial charge in [-0.3, -0.25) is 9.59 Å². The Bertz CT molecular complexity index is 695. The van der Waals surface area contributed by atoms with E-state index in [2.05, 4.69) is 0 Å². The summed E-state index contributed by atoms with van der Waals surface area (Å²) in [7, 11) is 1.73. The van der Waals surface area contributed by atoms with Gasteiger partial charge in [-0.2, -0.15) is 0 Å². The smallest absolute Gasteiger partial charge is 0.293 e. The van der Waals surface area contributed by atoms with Gasteiger partial charge in [-0.15, -0.1) is 0 Å². The quantitative estimate of drug-likeness (QED) is 0.788. The Kier molecular flexibility index (Phi) is 5.97. The van der Waals surface area contributed by atoms with Crippen molar-refractivity contribution in [3.8, 4) is 5.75 Å². The van der Waals surface area contributed by atoms with Crippen molar-refractivity contribution in [3.63, 3.8) is 0 Å². The molecule has 0 bridgehead atoms. The van der Waals surface area contributed by atoms with Crippen molar-refractivity contribution < 1.29 is 9.53 Å². The zero-order valence-electron chi connectivity index (χ0n) is 13.6. The first-order chi connectivity index (χ1) is 11.1. The molecule has 0 N–H and O–H groups in total. The van der Waals surface area contributed by atoms with Crippen LogP contribution in [0.15, 0.2) is 53.5 Å². The first kappa shape index (κ1) is 16.8. The fourth-order valence-corrected chi connectivity index (χ4v) is 2.17. The van der Waals surface area contributed by atoms with Gasteiger partial charge in [0, 0.05) is 19.8 Å².